The molecule has 0 aliphatic carbocycles. The van der Waals surface area contributed by atoms with Crippen LogP contribution in [0.15, 0.2) is 17.1 Å². The number of hydrogen-bond donors (Lipinski definition) is 1. The van der Waals surface area contributed by atoms with Crippen molar-refractivity contribution in [2.24, 2.45) is 0 Å². The van der Waals surface area contributed by atoms with Crippen LogP contribution in [-0.4, -0.2) is 21.3 Å². The molecule has 2 rings (SSSR count). The van der Waals surface area contributed by atoms with Crippen molar-refractivity contribution in [1.29, 1.82) is 0 Å². The molecule has 0 amide bonds. The first kappa shape index (κ1) is 14.5. The van der Waals surface area contributed by atoms with Crippen LogP contribution < -0.4 is 5.32 Å². The standard InChI is InChI=1S/C13H19ClN4S/c1-4-5-15-12(11-7-19-8-16-11)13-10(14)6-17-18(13)9(2)3/h6-9,12,15H,4-5H2,1-3H3. The van der Waals surface area contributed by atoms with Crippen molar-refractivity contribution in [3.63, 3.8) is 0 Å². The first-order valence-corrected chi connectivity index (χ1v) is 7.81. The van der Waals surface area contributed by atoms with E-state index >= 15 is 0 Å². The predicted molar refractivity (Wildman–Crippen MR) is 79.9 cm³/mol. The van der Waals surface area contributed by atoms with Gasteiger partial charge in [0.2, 0.25) is 0 Å². The number of hydrogen-bond acceptors (Lipinski definition) is 4. The van der Waals surface area contributed by atoms with Crippen LogP contribution in [0.1, 0.15) is 50.7 Å². The van der Waals surface area contributed by atoms with E-state index in [2.05, 4.69) is 41.6 Å². The second-order valence-electron chi connectivity index (χ2n) is 4.72. The van der Waals surface area contributed by atoms with Gasteiger partial charge in [0.1, 0.15) is 0 Å². The summed E-state index contributed by atoms with van der Waals surface area (Å²) >= 11 is 7.93. The van der Waals surface area contributed by atoms with Gasteiger partial charge in [-0.25, -0.2) is 4.98 Å². The normalized spacial score (nSPS) is 13.1. The van der Waals surface area contributed by atoms with Crippen molar-refractivity contribution < 1.29 is 0 Å². The Bertz CT molecular complexity index is 507. The van der Waals surface area contributed by atoms with Gasteiger partial charge in [0.05, 0.1) is 34.2 Å². The van der Waals surface area contributed by atoms with Gasteiger partial charge in [0.25, 0.3) is 0 Å². The van der Waals surface area contributed by atoms with Gasteiger partial charge < -0.3 is 5.32 Å². The molecular formula is C13H19ClN4S. The number of aromatic nitrogens is 3. The molecule has 0 fully saturated rings. The van der Waals surface area contributed by atoms with E-state index in [9.17, 15) is 0 Å². The van der Waals surface area contributed by atoms with E-state index in [1.165, 1.54) is 0 Å². The van der Waals surface area contributed by atoms with Gasteiger partial charge >= 0.3 is 0 Å². The first-order valence-electron chi connectivity index (χ1n) is 6.49. The third kappa shape index (κ3) is 3.16. The van der Waals surface area contributed by atoms with Crippen molar-refractivity contribution >= 4 is 22.9 Å². The van der Waals surface area contributed by atoms with Gasteiger partial charge in [-0.2, -0.15) is 5.10 Å². The largest absolute Gasteiger partial charge is 0.304 e. The summed E-state index contributed by atoms with van der Waals surface area (Å²) in [6.07, 6.45) is 2.78. The second kappa shape index (κ2) is 6.50. The van der Waals surface area contributed by atoms with Gasteiger partial charge in [-0.05, 0) is 26.8 Å². The Morgan fingerprint density at radius 1 is 1.47 bits per heavy atom. The van der Waals surface area contributed by atoms with E-state index in [1.54, 1.807) is 17.5 Å². The van der Waals surface area contributed by atoms with Crippen molar-refractivity contribution in [3.05, 3.63) is 33.5 Å². The van der Waals surface area contributed by atoms with Gasteiger partial charge in [-0.1, -0.05) is 18.5 Å². The quantitative estimate of drug-likeness (QED) is 0.885. The summed E-state index contributed by atoms with van der Waals surface area (Å²) in [5.41, 5.74) is 3.85. The summed E-state index contributed by atoms with van der Waals surface area (Å²) in [7, 11) is 0. The van der Waals surface area contributed by atoms with Crippen LogP contribution in [0.3, 0.4) is 0 Å². The fourth-order valence-corrected chi connectivity index (χ4v) is 2.85. The Morgan fingerprint density at radius 2 is 2.26 bits per heavy atom. The van der Waals surface area contributed by atoms with Crippen LogP contribution in [0.4, 0.5) is 0 Å². The molecule has 104 valence electrons. The van der Waals surface area contributed by atoms with E-state index in [-0.39, 0.29) is 12.1 Å². The number of nitrogens with zero attached hydrogens (tertiary/aromatic N) is 3. The number of nitrogens with one attached hydrogen (secondary N) is 1. The SMILES string of the molecule is CCCNC(c1cscn1)c1c(Cl)cnn1C(C)C. The molecule has 0 aromatic carbocycles. The highest BCUT2D eigenvalue weighted by atomic mass is 35.5. The average Bonchev–Trinajstić information content (AvgIpc) is 3.01. The monoisotopic (exact) mass is 298 g/mol. The molecule has 2 heterocycles. The Morgan fingerprint density at radius 3 is 2.84 bits per heavy atom. The third-order valence-corrected chi connectivity index (χ3v) is 3.79. The molecular weight excluding hydrogens is 280 g/mol. The molecule has 2 aromatic heterocycles. The van der Waals surface area contributed by atoms with Crippen LogP contribution in [-0.2, 0) is 0 Å². The summed E-state index contributed by atoms with van der Waals surface area (Å²) in [6.45, 7) is 7.27. The summed E-state index contributed by atoms with van der Waals surface area (Å²) in [5.74, 6) is 0. The summed E-state index contributed by atoms with van der Waals surface area (Å²) in [4.78, 5) is 4.42. The minimum Gasteiger partial charge on any atom is -0.304 e. The van der Waals surface area contributed by atoms with E-state index in [0.717, 1.165) is 24.4 Å². The molecule has 4 nitrogen and oxygen atoms in total. The zero-order valence-corrected chi connectivity index (χ0v) is 13.0. The Hall–Kier alpha value is -0.910. The molecule has 6 heteroatoms. The number of halogens is 1. The van der Waals surface area contributed by atoms with Crippen LogP contribution in [0.2, 0.25) is 5.02 Å². The maximum atomic E-state index is 6.33. The topological polar surface area (TPSA) is 42.7 Å². The molecule has 1 unspecified atom stereocenters. The summed E-state index contributed by atoms with van der Waals surface area (Å²) in [6, 6.07) is 0.274. The average molecular weight is 299 g/mol. The highest BCUT2D eigenvalue weighted by Crippen LogP contribution is 2.30. The molecule has 1 N–H and O–H groups in total. The molecule has 19 heavy (non-hydrogen) atoms. The van der Waals surface area contributed by atoms with Crippen LogP contribution in [0.25, 0.3) is 0 Å². The Balaban J connectivity index is 2.40. The molecule has 0 spiro atoms. The zero-order chi connectivity index (χ0) is 13.8. The Kier molecular flexibility index (Phi) is 4.96. The molecule has 0 saturated carbocycles. The van der Waals surface area contributed by atoms with Crippen molar-refractivity contribution in [2.75, 3.05) is 6.54 Å². The Labute approximate surface area is 122 Å². The van der Waals surface area contributed by atoms with E-state index in [4.69, 9.17) is 11.6 Å². The lowest BCUT2D eigenvalue weighted by molar-refractivity contribution is 0.469. The molecule has 0 aliphatic rings. The highest BCUT2D eigenvalue weighted by Gasteiger charge is 2.24. The van der Waals surface area contributed by atoms with Crippen molar-refractivity contribution in [3.8, 4) is 0 Å². The van der Waals surface area contributed by atoms with E-state index in [1.807, 2.05) is 10.2 Å². The fraction of sp³-hybridized carbons (Fsp3) is 0.538. The fourth-order valence-electron chi connectivity index (χ4n) is 2.03. The minimum absolute atomic E-state index is 0.00333. The number of thiazole rings is 1. The van der Waals surface area contributed by atoms with E-state index in [0.29, 0.717) is 5.02 Å². The molecule has 0 radical (unpaired) electrons. The second-order valence-corrected chi connectivity index (χ2v) is 5.84. The van der Waals surface area contributed by atoms with Crippen LogP contribution in [0, 0.1) is 0 Å². The maximum Gasteiger partial charge on any atom is 0.0945 e. The van der Waals surface area contributed by atoms with Crippen LogP contribution >= 0.6 is 22.9 Å². The molecule has 0 aliphatic heterocycles. The predicted octanol–water partition coefficient (Wildman–Crippen LogP) is 3.66. The summed E-state index contributed by atoms with van der Waals surface area (Å²) < 4.78 is 1.97. The first-order chi connectivity index (χ1) is 9.15. The summed E-state index contributed by atoms with van der Waals surface area (Å²) in [5, 5.41) is 10.6. The van der Waals surface area contributed by atoms with Crippen molar-refractivity contribution in [2.45, 2.75) is 39.3 Å². The van der Waals surface area contributed by atoms with Crippen molar-refractivity contribution in [1.82, 2.24) is 20.1 Å². The smallest absolute Gasteiger partial charge is 0.0945 e. The lowest BCUT2D eigenvalue weighted by Crippen LogP contribution is -2.27. The minimum atomic E-state index is 0.00333. The van der Waals surface area contributed by atoms with Crippen LogP contribution in [0.5, 0.6) is 0 Å². The molecule has 1 atom stereocenters. The highest BCUT2D eigenvalue weighted by molar-refractivity contribution is 7.07. The third-order valence-electron chi connectivity index (χ3n) is 2.90. The lowest BCUT2D eigenvalue weighted by Gasteiger charge is -2.20. The zero-order valence-electron chi connectivity index (χ0n) is 11.4. The van der Waals surface area contributed by atoms with Gasteiger partial charge in [-0.15, -0.1) is 11.3 Å². The van der Waals surface area contributed by atoms with Gasteiger partial charge in [0, 0.05) is 11.4 Å². The maximum absolute atomic E-state index is 6.33. The molecule has 2 aromatic rings. The molecule has 0 bridgehead atoms. The number of rotatable bonds is 6. The molecule has 0 saturated heterocycles. The lowest BCUT2D eigenvalue weighted by atomic mass is 10.1. The van der Waals surface area contributed by atoms with Gasteiger partial charge in [0.15, 0.2) is 0 Å². The van der Waals surface area contributed by atoms with Gasteiger partial charge in [-0.3, -0.25) is 4.68 Å². The van der Waals surface area contributed by atoms with E-state index < -0.39 is 0 Å².